The Morgan fingerprint density at radius 2 is 2.00 bits per heavy atom. The van der Waals surface area contributed by atoms with Crippen molar-refractivity contribution in [3.63, 3.8) is 0 Å². The first-order valence-electron chi connectivity index (χ1n) is 4.00. The van der Waals surface area contributed by atoms with Gasteiger partial charge in [0, 0.05) is 6.20 Å². The van der Waals surface area contributed by atoms with Crippen molar-refractivity contribution in [1.82, 2.24) is 15.0 Å². The Kier molecular flexibility index (Phi) is 1.61. The molecule has 2 rings (SSSR count). The third-order valence-corrected chi connectivity index (χ3v) is 2.57. The van der Waals surface area contributed by atoms with Crippen LogP contribution in [0.2, 0.25) is 0 Å². The van der Waals surface area contributed by atoms with Gasteiger partial charge >= 0.3 is 6.18 Å². The van der Waals surface area contributed by atoms with E-state index in [1.807, 2.05) is 0 Å². The lowest BCUT2D eigenvalue weighted by Gasteiger charge is -2.42. The van der Waals surface area contributed by atoms with Gasteiger partial charge in [-0.2, -0.15) is 13.2 Å². The second kappa shape index (κ2) is 2.46. The molecule has 1 aliphatic rings. The largest absolute Gasteiger partial charge is 0.413 e. The van der Waals surface area contributed by atoms with Crippen LogP contribution in [0.4, 0.5) is 13.2 Å². The lowest BCUT2D eigenvalue weighted by molar-refractivity contribution is -0.243. The van der Waals surface area contributed by atoms with Gasteiger partial charge in [0.05, 0.1) is 6.20 Å². The number of hydrogen-bond donors (Lipinski definition) is 0. The lowest BCUT2D eigenvalue weighted by Crippen LogP contribution is -2.53. The second-order valence-corrected chi connectivity index (χ2v) is 3.23. The molecule has 0 saturated heterocycles. The average Bonchev–Trinajstić information content (AvgIpc) is 2.32. The van der Waals surface area contributed by atoms with Crippen molar-refractivity contribution >= 4 is 0 Å². The Morgan fingerprint density at radius 1 is 1.31 bits per heavy atom. The Bertz CT molecular complexity index is 286. The summed E-state index contributed by atoms with van der Waals surface area (Å²) in [4.78, 5) is 0. The van der Waals surface area contributed by atoms with Crippen LogP contribution in [0.3, 0.4) is 0 Å². The average molecular weight is 191 g/mol. The Labute approximate surface area is 72.5 Å². The van der Waals surface area contributed by atoms with E-state index in [0.717, 1.165) is 4.68 Å². The third kappa shape index (κ3) is 1.04. The summed E-state index contributed by atoms with van der Waals surface area (Å²) in [7, 11) is 0. The van der Waals surface area contributed by atoms with E-state index in [9.17, 15) is 13.2 Å². The molecule has 0 amide bonds. The minimum atomic E-state index is -4.22. The molecule has 0 unspecified atom stereocenters. The summed E-state index contributed by atoms with van der Waals surface area (Å²) in [6.45, 7) is 0. The highest BCUT2D eigenvalue weighted by Gasteiger charge is 2.60. The zero-order valence-corrected chi connectivity index (χ0v) is 6.75. The van der Waals surface area contributed by atoms with Crippen molar-refractivity contribution in [3.05, 3.63) is 12.4 Å². The van der Waals surface area contributed by atoms with Gasteiger partial charge in [-0.05, 0) is 19.3 Å². The molecule has 1 saturated carbocycles. The van der Waals surface area contributed by atoms with E-state index in [0.29, 0.717) is 6.42 Å². The SMILES string of the molecule is FC(F)(F)C1(n2ccnn2)CCC1. The lowest BCUT2D eigenvalue weighted by atomic mass is 9.76. The molecular formula is C7H8F3N3. The van der Waals surface area contributed by atoms with Gasteiger partial charge in [-0.3, -0.25) is 0 Å². The van der Waals surface area contributed by atoms with Crippen LogP contribution >= 0.6 is 0 Å². The third-order valence-electron chi connectivity index (χ3n) is 2.57. The molecule has 1 aliphatic carbocycles. The first-order valence-corrected chi connectivity index (χ1v) is 4.00. The standard InChI is InChI=1S/C7H8F3N3/c8-7(9,10)6(2-1-3-6)13-5-4-11-12-13/h4-5H,1-3H2. The van der Waals surface area contributed by atoms with Gasteiger partial charge in [-0.25, -0.2) is 4.68 Å². The van der Waals surface area contributed by atoms with Crippen LogP contribution in [-0.4, -0.2) is 21.2 Å². The minimum Gasteiger partial charge on any atom is -0.237 e. The van der Waals surface area contributed by atoms with E-state index in [2.05, 4.69) is 10.3 Å². The summed E-state index contributed by atoms with van der Waals surface area (Å²) in [5.74, 6) is 0. The van der Waals surface area contributed by atoms with Crippen molar-refractivity contribution in [2.75, 3.05) is 0 Å². The zero-order valence-electron chi connectivity index (χ0n) is 6.75. The summed E-state index contributed by atoms with van der Waals surface area (Å²) >= 11 is 0. The molecule has 13 heavy (non-hydrogen) atoms. The van der Waals surface area contributed by atoms with E-state index in [1.54, 1.807) is 0 Å². The fraction of sp³-hybridized carbons (Fsp3) is 0.714. The molecule has 0 spiro atoms. The van der Waals surface area contributed by atoms with Gasteiger partial charge in [0.25, 0.3) is 0 Å². The summed E-state index contributed by atoms with van der Waals surface area (Å²) < 4.78 is 38.8. The Balaban J connectivity index is 2.37. The van der Waals surface area contributed by atoms with Gasteiger partial charge in [-0.15, -0.1) is 5.10 Å². The van der Waals surface area contributed by atoms with E-state index >= 15 is 0 Å². The van der Waals surface area contributed by atoms with E-state index in [4.69, 9.17) is 0 Å². The topological polar surface area (TPSA) is 30.7 Å². The molecule has 72 valence electrons. The highest BCUT2D eigenvalue weighted by molar-refractivity contribution is 4.99. The van der Waals surface area contributed by atoms with Crippen molar-refractivity contribution in [1.29, 1.82) is 0 Å². The number of nitrogens with zero attached hydrogens (tertiary/aromatic N) is 3. The fourth-order valence-electron chi connectivity index (χ4n) is 1.59. The number of aromatic nitrogens is 3. The first kappa shape index (κ1) is 8.52. The molecule has 1 aromatic heterocycles. The van der Waals surface area contributed by atoms with Gasteiger partial charge in [0.1, 0.15) is 0 Å². The van der Waals surface area contributed by atoms with Gasteiger partial charge in [-0.1, -0.05) is 5.21 Å². The number of alkyl halides is 3. The van der Waals surface area contributed by atoms with E-state index in [-0.39, 0.29) is 12.8 Å². The molecule has 6 heteroatoms. The molecule has 0 aromatic carbocycles. The van der Waals surface area contributed by atoms with Crippen molar-refractivity contribution in [2.45, 2.75) is 31.0 Å². The maximum absolute atomic E-state index is 12.6. The molecule has 0 N–H and O–H groups in total. The van der Waals surface area contributed by atoms with Crippen LogP contribution in [-0.2, 0) is 5.54 Å². The molecule has 0 atom stereocenters. The normalized spacial score (nSPS) is 21.2. The smallest absolute Gasteiger partial charge is 0.237 e. The van der Waals surface area contributed by atoms with Gasteiger partial charge in [0.15, 0.2) is 5.54 Å². The second-order valence-electron chi connectivity index (χ2n) is 3.23. The van der Waals surface area contributed by atoms with Crippen LogP contribution in [0.5, 0.6) is 0 Å². The molecular weight excluding hydrogens is 183 g/mol. The molecule has 0 bridgehead atoms. The highest BCUT2D eigenvalue weighted by Crippen LogP contribution is 2.50. The fourth-order valence-corrected chi connectivity index (χ4v) is 1.59. The Morgan fingerprint density at radius 3 is 2.31 bits per heavy atom. The van der Waals surface area contributed by atoms with Crippen LogP contribution in [0.15, 0.2) is 12.4 Å². The van der Waals surface area contributed by atoms with Crippen LogP contribution < -0.4 is 0 Å². The maximum atomic E-state index is 12.6. The van der Waals surface area contributed by atoms with Gasteiger partial charge < -0.3 is 0 Å². The Hall–Kier alpha value is -1.07. The zero-order chi connectivity index (χ0) is 9.53. The first-order chi connectivity index (χ1) is 6.06. The van der Waals surface area contributed by atoms with Crippen molar-refractivity contribution < 1.29 is 13.2 Å². The van der Waals surface area contributed by atoms with Crippen molar-refractivity contribution in [3.8, 4) is 0 Å². The van der Waals surface area contributed by atoms with E-state index in [1.165, 1.54) is 12.4 Å². The van der Waals surface area contributed by atoms with Crippen LogP contribution in [0.25, 0.3) is 0 Å². The van der Waals surface area contributed by atoms with E-state index < -0.39 is 11.7 Å². The molecule has 1 aromatic rings. The van der Waals surface area contributed by atoms with Crippen LogP contribution in [0.1, 0.15) is 19.3 Å². The molecule has 0 radical (unpaired) electrons. The number of rotatable bonds is 1. The number of halogens is 3. The molecule has 3 nitrogen and oxygen atoms in total. The molecule has 1 heterocycles. The van der Waals surface area contributed by atoms with Crippen molar-refractivity contribution in [2.24, 2.45) is 0 Å². The quantitative estimate of drug-likeness (QED) is 0.676. The summed E-state index contributed by atoms with van der Waals surface area (Å²) in [5, 5.41) is 6.82. The predicted molar refractivity (Wildman–Crippen MR) is 37.9 cm³/mol. The maximum Gasteiger partial charge on any atom is 0.413 e. The highest BCUT2D eigenvalue weighted by atomic mass is 19.4. The minimum absolute atomic E-state index is 0.111. The monoisotopic (exact) mass is 191 g/mol. The summed E-state index contributed by atoms with van der Waals surface area (Å²) in [6, 6.07) is 0. The predicted octanol–water partition coefficient (Wildman–Crippen LogP) is 1.72. The number of hydrogen-bond acceptors (Lipinski definition) is 2. The summed E-state index contributed by atoms with van der Waals surface area (Å²) in [5.41, 5.74) is -1.77. The van der Waals surface area contributed by atoms with Gasteiger partial charge in [0.2, 0.25) is 0 Å². The molecule has 0 aliphatic heterocycles. The molecule has 1 fully saturated rings. The van der Waals surface area contributed by atoms with Crippen LogP contribution in [0, 0.1) is 0 Å². The summed E-state index contributed by atoms with van der Waals surface area (Å²) in [6.07, 6.45) is -0.865.